The average Bonchev–Trinajstić information content (AvgIpc) is 3.56. The molecule has 4 N–H and O–H groups in total. The second kappa shape index (κ2) is 21.3. The van der Waals surface area contributed by atoms with E-state index < -0.39 is 37.3 Å². The number of hydrogen-bond acceptors (Lipinski definition) is 8. The quantitative estimate of drug-likeness (QED) is 0.0355. The number of amides is 3. The Morgan fingerprint density at radius 1 is 0.938 bits per heavy atom. The van der Waals surface area contributed by atoms with Gasteiger partial charge in [-0.25, -0.2) is 4.79 Å². The minimum Gasteiger partial charge on any atom is -0.494 e. The van der Waals surface area contributed by atoms with Crippen LogP contribution in [0.4, 0.5) is 0 Å². The third kappa shape index (κ3) is 13.4. The average molecular weight is 694 g/mol. The lowest BCUT2D eigenvalue weighted by molar-refractivity contribution is -0.204. The molecule has 48 heavy (non-hydrogen) atoms. The first-order valence-electron chi connectivity index (χ1n) is 16.9. The lowest BCUT2D eigenvalue weighted by Gasteiger charge is -2.31. The third-order valence-corrected chi connectivity index (χ3v) is 8.81. The molecule has 2 aromatic rings. The second-order valence-electron chi connectivity index (χ2n) is 11.6. The zero-order valence-electron chi connectivity index (χ0n) is 28.6. The van der Waals surface area contributed by atoms with Crippen LogP contribution in [-0.2, 0) is 23.8 Å². The second-order valence-corrected chi connectivity index (χ2v) is 13.2. The van der Waals surface area contributed by atoms with Gasteiger partial charge in [-0.05, 0) is 56.5 Å². The Labute approximate surface area is 283 Å². The summed E-state index contributed by atoms with van der Waals surface area (Å²) in [5.41, 5.74) is 0.305. The number of furan rings is 1. The molecule has 3 amide bonds. The Kier molecular flexibility index (Phi) is 18.0. The maximum Gasteiger partial charge on any atom is 0.356 e. The summed E-state index contributed by atoms with van der Waals surface area (Å²) in [6.07, 6.45) is 9.97. The SMILES string of the molecule is CCCCCCCCC(=O)ON(C=O)C(CC)C(CCCCC)C(=O)NCNC(=O)c1ccc(-c2cc(OCC)cc(P(=O)(O)O)c2)o1. The van der Waals surface area contributed by atoms with Crippen LogP contribution in [0.5, 0.6) is 5.75 Å². The Morgan fingerprint density at radius 3 is 2.27 bits per heavy atom. The summed E-state index contributed by atoms with van der Waals surface area (Å²) in [7, 11) is -4.59. The summed E-state index contributed by atoms with van der Waals surface area (Å²) >= 11 is 0. The van der Waals surface area contributed by atoms with Gasteiger partial charge in [-0.15, -0.1) is 0 Å². The van der Waals surface area contributed by atoms with Crippen molar-refractivity contribution in [1.82, 2.24) is 15.7 Å². The van der Waals surface area contributed by atoms with Crippen molar-refractivity contribution in [1.29, 1.82) is 0 Å². The van der Waals surface area contributed by atoms with Crippen molar-refractivity contribution in [2.45, 2.75) is 111 Å². The third-order valence-electron chi connectivity index (χ3n) is 7.88. The number of hydroxylamine groups is 2. The molecule has 0 radical (unpaired) electrons. The summed E-state index contributed by atoms with van der Waals surface area (Å²) in [6, 6.07) is 6.25. The maximum atomic E-state index is 13.4. The van der Waals surface area contributed by atoms with Crippen molar-refractivity contribution >= 4 is 37.1 Å². The van der Waals surface area contributed by atoms with Crippen molar-refractivity contribution in [3.05, 3.63) is 36.1 Å². The zero-order chi connectivity index (χ0) is 35.5. The van der Waals surface area contributed by atoms with Crippen molar-refractivity contribution in [3.8, 4) is 17.1 Å². The van der Waals surface area contributed by atoms with E-state index in [1.807, 2.05) is 13.8 Å². The van der Waals surface area contributed by atoms with Crippen molar-refractivity contribution in [3.63, 3.8) is 0 Å². The van der Waals surface area contributed by atoms with Gasteiger partial charge in [0.2, 0.25) is 12.3 Å². The predicted octanol–water partition coefficient (Wildman–Crippen LogP) is 5.59. The van der Waals surface area contributed by atoms with Gasteiger partial charge in [-0.2, -0.15) is 5.06 Å². The molecule has 1 aromatic carbocycles. The van der Waals surface area contributed by atoms with Gasteiger partial charge in [0, 0.05) is 12.0 Å². The number of carbonyl (C=O) groups is 4. The molecule has 0 bridgehead atoms. The molecule has 0 fully saturated rings. The number of benzene rings is 1. The van der Waals surface area contributed by atoms with Crippen LogP contribution in [0.3, 0.4) is 0 Å². The lowest BCUT2D eigenvalue weighted by Crippen LogP contribution is -2.49. The highest BCUT2D eigenvalue weighted by molar-refractivity contribution is 7.60. The molecule has 2 unspecified atom stereocenters. The minimum absolute atomic E-state index is 0.0888. The van der Waals surface area contributed by atoms with Gasteiger partial charge in [-0.1, -0.05) is 72.1 Å². The van der Waals surface area contributed by atoms with E-state index in [4.69, 9.17) is 14.0 Å². The number of nitrogens with zero attached hydrogens (tertiary/aromatic N) is 1. The van der Waals surface area contributed by atoms with Crippen LogP contribution in [0.15, 0.2) is 34.7 Å². The van der Waals surface area contributed by atoms with Gasteiger partial charge < -0.3 is 34.4 Å². The van der Waals surface area contributed by atoms with Crippen molar-refractivity contribution < 1.29 is 47.5 Å². The number of hydrogen-bond donors (Lipinski definition) is 4. The highest BCUT2D eigenvalue weighted by atomic mass is 31.2. The highest BCUT2D eigenvalue weighted by Crippen LogP contribution is 2.37. The van der Waals surface area contributed by atoms with Gasteiger partial charge in [0.05, 0.1) is 30.5 Å². The number of nitrogens with one attached hydrogen (secondary N) is 2. The molecule has 268 valence electrons. The summed E-state index contributed by atoms with van der Waals surface area (Å²) in [4.78, 5) is 75.6. The van der Waals surface area contributed by atoms with Gasteiger partial charge >= 0.3 is 13.6 Å². The fourth-order valence-corrected chi connectivity index (χ4v) is 5.93. The first-order valence-corrected chi connectivity index (χ1v) is 18.5. The topological polar surface area (TPSA) is 185 Å². The first-order chi connectivity index (χ1) is 23.0. The molecule has 0 spiro atoms. The van der Waals surface area contributed by atoms with E-state index in [0.717, 1.165) is 56.4 Å². The molecule has 2 atom stereocenters. The van der Waals surface area contributed by atoms with Gasteiger partial charge in [-0.3, -0.25) is 18.9 Å². The minimum atomic E-state index is -4.59. The lowest BCUT2D eigenvalue weighted by atomic mass is 9.90. The van der Waals surface area contributed by atoms with E-state index in [0.29, 0.717) is 31.2 Å². The molecule has 13 nitrogen and oxygen atoms in total. The number of unbranched alkanes of at least 4 members (excludes halogenated alkanes) is 7. The van der Waals surface area contributed by atoms with Crippen molar-refractivity contribution in [2.75, 3.05) is 13.3 Å². The normalized spacial score (nSPS) is 12.5. The van der Waals surface area contributed by atoms with Crippen LogP contribution >= 0.6 is 7.60 Å². The van der Waals surface area contributed by atoms with Crippen LogP contribution in [0.25, 0.3) is 11.3 Å². The maximum absolute atomic E-state index is 13.4. The molecule has 1 aromatic heterocycles. The molecular formula is C34H52N3O10P. The summed E-state index contributed by atoms with van der Waals surface area (Å²) < 4.78 is 23.0. The summed E-state index contributed by atoms with van der Waals surface area (Å²) in [5, 5.41) is 5.98. The van der Waals surface area contributed by atoms with E-state index >= 15 is 0 Å². The van der Waals surface area contributed by atoms with E-state index in [9.17, 15) is 33.5 Å². The van der Waals surface area contributed by atoms with E-state index in [1.165, 1.54) is 24.3 Å². The van der Waals surface area contributed by atoms with Crippen LogP contribution in [0.1, 0.15) is 115 Å². The van der Waals surface area contributed by atoms with Gasteiger partial charge in [0.15, 0.2) is 5.76 Å². The summed E-state index contributed by atoms with van der Waals surface area (Å²) in [6.45, 7) is 7.76. The zero-order valence-corrected chi connectivity index (χ0v) is 29.5. The monoisotopic (exact) mass is 693 g/mol. The number of ether oxygens (including phenoxy) is 1. The first kappa shape index (κ1) is 40.5. The predicted molar refractivity (Wildman–Crippen MR) is 181 cm³/mol. The molecule has 0 aliphatic rings. The highest BCUT2D eigenvalue weighted by Gasteiger charge is 2.33. The summed E-state index contributed by atoms with van der Waals surface area (Å²) in [5.74, 6) is -1.92. The van der Waals surface area contributed by atoms with E-state index in [-0.39, 0.29) is 42.3 Å². The molecule has 14 heteroatoms. The fourth-order valence-electron chi connectivity index (χ4n) is 5.32. The molecule has 0 saturated carbocycles. The smallest absolute Gasteiger partial charge is 0.356 e. The Bertz CT molecular complexity index is 1360. The number of carbonyl (C=O) groups excluding carboxylic acids is 4. The molecule has 0 aliphatic heterocycles. The Hall–Kier alpha value is -3.67. The molecule has 0 aliphatic carbocycles. The Balaban J connectivity index is 2.06. The van der Waals surface area contributed by atoms with Gasteiger partial charge in [0.1, 0.15) is 11.5 Å². The van der Waals surface area contributed by atoms with Crippen LogP contribution in [-0.4, -0.2) is 58.4 Å². The van der Waals surface area contributed by atoms with Crippen LogP contribution < -0.4 is 20.7 Å². The molecule has 2 rings (SSSR count). The molecule has 1 heterocycles. The largest absolute Gasteiger partial charge is 0.494 e. The van der Waals surface area contributed by atoms with Crippen molar-refractivity contribution in [2.24, 2.45) is 5.92 Å². The van der Waals surface area contributed by atoms with E-state index in [2.05, 4.69) is 17.6 Å². The van der Waals surface area contributed by atoms with E-state index in [1.54, 1.807) is 13.0 Å². The standard InChI is InChI=1S/C34H52N3O10P/c1-5-9-11-12-13-15-17-32(39)47-37(24-38)29(7-3)28(16-14-10-6-2)33(40)35-23-36-34(41)31-19-18-30(46-31)25-20-26(45-8-4)22-27(21-25)48(42,43)44/h18-22,24,28-29H,5-17,23H2,1-4H3,(H,35,40)(H,36,41)(H2,42,43,44). The van der Waals surface area contributed by atoms with Crippen LogP contribution in [0, 0.1) is 5.92 Å². The number of rotatable bonds is 24. The van der Waals surface area contributed by atoms with Gasteiger partial charge in [0.25, 0.3) is 5.91 Å². The Morgan fingerprint density at radius 2 is 1.62 bits per heavy atom. The molecular weight excluding hydrogens is 641 g/mol. The fraction of sp³-hybridized carbons (Fsp3) is 0.588. The van der Waals surface area contributed by atoms with Crippen LogP contribution in [0.2, 0.25) is 0 Å². The molecule has 0 saturated heterocycles.